The quantitative estimate of drug-likeness (QED) is 0.346. The van der Waals surface area contributed by atoms with Crippen molar-refractivity contribution in [3.63, 3.8) is 0 Å². The van der Waals surface area contributed by atoms with Crippen molar-refractivity contribution in [1.82, 2.24) is 9.97 Å². The Morgan fingerprint density at radius 1 is 1.15 bits per heavy atom. The fraction of sp³-hybridized carbons (Fsp3) is 0.370. The van der Waals surface area contributed by atoms with Crippen LogP contribution in [0.3, 0.4) is 0 Å². The summed E-state index contributed by atoms with van der Waals surface area (Å²) in [6.07, 6.45) is -0.788. The van der Waals surface area contributed by atoms with E-state index in [1.807, 2.05) is 6.92 Å². The minimum atomic E-state index is -4.74. The zero-order valence-electron chi connectivity index (χ0n) is 21.4. The summed E-state index contributed by atoms with van der Waals surface area (Å²) in [5, 5.41) is 13.3. The summed E-state index contributed by atoms with van der Waals surface area (Å²) in [5.41, 5.74) is 3.94. The topological polar surface area (TPSA) is 110 Å². The number of aromatic nitrogens is 2. The van der Waals surface area contributed by atoms with E-state index in [0.29, 0.717) is 36.2 Å². The highest BCUT2D eigenvalue weighted by Crippen LogP contribution is 2.43. The summed E-state index contributed by atoms with van der Waals surface area (Å²) < 4.78 is 85.5. The van der Waals surface area contributed by atoms with E-state index in [0.717, 1.165) is 12.1 Å². The van der Waals surface area contributed by atoms with Gasteiger partial charge in [0.1, 0.15) is 34.6 Å². The number of hydrogen-bond acceptors (Lipinski definition) is 6. The first-order chi connectivity index (χ1) is 18.7. The molecule has 0 bridgehead atoms. The number of nitrogens with one attached hydrogen (secondary N) is 1. The Labute approximate surface area is 225 Å². The molecule has 1 aliphatic rings. The summed E-state index contributed by atoms with van der Waals surface area (Å²) in [4.78, 5) is 20.9. The van der Waals surface area contributed by atoms with Crippen LogP contribution in [0.2, 0.25) is 0 Å². The maximum Gasteiger partial charge on any atom is 0.422 e. The minimum Gasteiger partial charge on any atom is -0.484 e. The standard InChI is InChI=1S/C27H26F6N4O3/c1-13-7-14(8-22(34)26(13,2)39)16-5-6-35-11-21(16)37-25(38)20-4-3-17(28)24(36-20)23-18(29)9-15(10-19(23)30)40-12-27(31,32)33/h3-6,9-11,13-14,22,39H,7-8,12,34H2,1-2H3,(H,37,38)/t13-,14+,22+,26+/m0/s1. The maximum atomic E-state index is 14.7. The van der Waals surface area contributed by atoms with E-state index in [1.54, 1.807) is 13.0 Å². The fourth-order valence-electron chi connectivity index (χ4n) is 4.75. The molecule has 0 spiro atoms. The van der Waals surface area contributed by atoms with E-state index >= 15 is 0 Å². The van der Waals surface area contributed by atoms with Crippen LogP contribution in [-0.2, 0) is 0 Å². The predicted octanol–water partition coefficient (Wildman–Crippen LogP) is 5.35. The Balaban J connectivity index is 1.60. The number of rotatable bonds is 6. The highest BCUT2D eigenvalue weighted by molar-refractivity contribution is 6.03. The van der Waals surface area contributed by atoms with Crippen LogP contribution in [-0.4, -0.2) is 45.4 Å². The van der Waals surface area contributed by atoms with Crippen LogP contribution in [0, 0.1) is 23.4 Å². The van der Waals surface area contributed by atoms with E-state index in [-0.39, 0.29) is 17.5 Å². The largest absolute Gasteiger partial charge is 0.484 e. The van der Waals surface area contributed by atoms with Gasteiger partial charge in [0.2, 0.25) is 0 Å². The van der Waals surface area contributed by atoms with E-state index in [9.17, 15) is 36.2 Å². The number of nitrogens with zero attached hydrogens (tertiary/aromatic N) is 2. The number of benzene rings is 1. The van der Waals surface area contributed by atoms with Crippen molar-refractivity contribution in [1.29, 1.82) is 0 Å². The second-order valence-electron chi connectivity index (χ2n) is 10.0. The molecule has 1 fully saturated rings. The Bertz CT molecular complexity index is 1380. The molecule has 0 unspecified atom stereocenters. The first kappa shape index (κ1) is 29.3. The number of amides is 1. The first-order valence-electron chi connectivity index (χ1n) is 12.3. The Hall–Kier alpha value is -3.71. The fourth-order valence-corrected chi connectivity index (χ4v) is 4.75. The molecule has 0 saturated heterocycles. The molecule has 7 nitrogen and oxygen atoms in total. The van der Waals surface area contributed by atoms with Crippen LogP contribution < -0.4 is 15.8 Å². The average molecular weight is 569 g/mol. The molecule has 4 N–H and O–H groups in total. The maximum absolute atomic E-state index is 14.7. The van der Waals surface area contributed by atoms with Gasteiger partial charge in [-0.3, -0.25) is 9.78 Å². The molecule has 1 amide bonds. The molecule has 0 aliphatic heterocycles. The van der Waals surface area contributed by atoms with Gasteiger partial charge in [-0.2, -0.15) is 13.2 Å². The van der Waals surface area contributed by atoms with Crippen molar-refractivity contribution >= 4 is 11.6 Å². The van der Waals surface area contributed by atoms with Crippen LogP contribution in [0.4, 0.5) is 32.0 Å². The molecule has 3 aromatic rings. The zero-order valence-corrected chi connectivity index (χ0v) is 21.4. The lowest BCUT2D eigenvalue weighted by Crippen LogP contribution is -2.54. The van der Waals surface area contributed by atoms with Gasteiger partial charge in [0.15, 0.2) is 6.61 Å². The van der Waals surface area contributed by atoms with Gasteiger partial charge in [0.05, 0.1) is 23.0 Å². The third-order valence-corrected chi connectivity index (χ3v) is 7.20. The number of hydrogen-bond donors (Lipinski definition) is 3. The molecule has 1 aliphatic carbocycles. The van der Waals surface area contributed by atoms with Gasteiger partial charge in [0, 0.05) is 24.4 Å². The SMILES string of the molecule is C[C@H]1C[C@@H](c2ccncc2NC(=O)c2ccc(F)c(-c3c(F)cc(OCC(F)(F)F)cc3F)n2)C[C@@H](N)[C@]1(C)O. The number of halogens is 6. The number of aliphatic hydroxyl groups is 1. The monoisotopic (exact) mass is 568 g/mol. The van der Waals surface area contributed by atoms with Crippen LogP contribution in [0.5, 0.6) is 5.75 Å². The van der Waals surface area contributed by atoms with E-state index < -0.39 is 64.8 Å². The Kier molecular flexibility index (Phi) is 8.08. The van der Waals surface area contributed by atoms with Crippen LogP contribution in [0.25, 0.3) is 11.3 Å². The smallest absolute Gasteiger partial charge is 0.422 e. The number of anilines is 1. The Morgan fingerprint density at radius 2 is 1.82 bits per heavy atom. The summed E-state index contributed by atoms with van der Waals surface area (Å²) >= 11 is 0. The van der Waals surface area contributed by atoms with Gasteiger partial charge in [-0.1, -0.05) is 6.92 Å². The molecule has 2 heterocycles. The third-order valence-electron chi connectivity index (χ3n) is 7.20. The van der Waals surface area contributed by atoms with E-state index in [4.69, 9.17) is 5.73 Å². The van der Waals surface area contributed by atoms with Gasteiger partial charge >= 0.3 is 6.18 Å². The van der Waals surface area contributed by atoms with Crippen molar-refractivity contribution in [3.8, 4) is 17.0 Å². The zero-order chi connectivity index (χ0) is 29.4. The number of nitrogens with two attached hydrogens (primary N) is 1. The van der Waals surface area contributed by atoms with Gasteiger partial charge in [0.25, 0.3) is 5.91 Å². The first-order valence-corrected chi connectivity index (χ1v) is 12.3. The summed E-state index contributed by atoms with van der Waals surface area (Å²) in [6.45, 7) is 1.78. The molecule has 2 aromatic heterocycles. The van der Waals surface area contributed by atoms with Crippen molar-refractivity contribution in [2.24, 2.45) is 11.7 Å². The highest BCUT2D eigenvalue weighted by atomic mass is 19.4. The number of pyridine rings is 2. The van der Waals surface area contributed by atoms with Gasteiger partial charge in [-0.15, -0.1) is 0 Å². The lowest BCUT2D eigenvalue weighted by molar-refractivity contribution is -0.153. The lowest BCUT2D eigenvalue weighted by atomic mass is 9.68. The normalized spacial score (nSPS) is 23.1. The minimum absolute atomic E-state index is 0.124. The molecule has 214 valence electrons. The van der Waals surface area contributed by atoms with Crippen molar-refractivity contribution in [3.05, 3.63) is 71.4 Å². The molecule has 13 heteroatoms. The van der Waals surface area contributed by atoms with E-state index in [1.165, 1.54) is 12.4 Å². The van der Waals surface area contributed by atoms with Crippen molar-refractivity contribution in [2.75, 3.05) is 11.9 Å². The van der Waals surface area contributed by atoms with Crippen molar-refractivity contribution in [2.45, 2.75) is 50.4 Å². The van der Waals surface area contributed by atoms with Crippen molar-refractivity contribution < 1.29 is 41.0 Å². The molecule has 4 atom stereocenters. The van der Waals surface area contributed by atoms with Crippen LogP contribution in [0.15, 0.2) is 42.7 Å². The lowest BCUT2D eigenvalue weighted by Gasteiger charge is -2.44. The van der Waals surface area contributed by atoms with Crippen LogP contribution in [0.1, 0.15) is 48.7 Å². The summed E-state index contributed by atoms with van der Waals surface area (Å²) in [5.74, 6) is -5.90. The molecule has 1 aromatic carbocycles. The molecular weight excluding hydrogens is 542 g/mol. The molecule has 1 saturated carbocycles. The van der Waals surface area contributed by atoms with Gasteiger partial charge < -0.3 is 20.9 Å². The molecule has 0 radical (unpaired) electrons. The highest BCUT2D eigenvalue weighted by Gasteiger charge is 2.42. The summed E-state index contributed by atoms with van der Waals surface area (Å²) in [7, 11) is 0. The predicted molar refractivity (Wildman–Crippen MR) is 133 cm³/mol. The number of alkyl halides is 3. The third kappa shape index (κ3) is 6.20. The molecule has 4 rings (SSSR count). The second-order valence-corrected chi connectivity index (χ2v) is 10.0. The molecule has 40 heavy (non-hydrogen) atoms. The second kappa shape index (κ2) is 11.0. The number of carbonyl (C=O) groups excluding carboxylic acids is 1. The number of ether oxygens (including phenoxy) is 1. The number of carbonyl (C=O) groups is 1. The van der Waals surface area contributed by atoms with E-state index in [2.05, 4.69) is 20.0 Å². The van der Waals surface area contributed by atoms with Crippen LogP contribution >= 0.6 is 0 Å². The Morgan fingerprint density at radius 3 is 2.45 bits per heavy atom. The average Bonchev–Trinajstić information content (AvgIpc) is 2.86. The molecular formula is C27H26F6N4O3. The summed E-state index contributed by atoms with van der Waals surface area (Å²) in [6, 6.07) is 3.92. The van der Waals surface area contributed by atoms with Gasteiger partial charge in [-0.05, 0) is 55.4 Å². The van der Waals surface area contributed by atoms with Gasteiger partial charge in [-0.25, -0.2) is 18.2 Å².